The molecule has 2 aromatic rings. The van der Waals surface area contributed by atoms with E-state index in [9.17, 15) is 14.4 Å². The normalized spacial score (nSPS) is 13.0. The van der Waals surface area contributed by atoms with Crippen molar-refractivity contribution in [2.24, 2.45) is 10.9 Å². The van der Waals surface area contributed by atoms with Gasteiger partial charge in [0.05, 0.1) is 6.04 Å². The van der Waals surface area contributed by atoms with E-state index in [0.717, 1.165) is 0 Å². The SMILES string of the molecule is C[C@@H](NC(=O)c1ccc(OCC(=O)O)cc1)C(=O)c1ccc(C(N)=NO[Si](C)(C)C(C)(C)C)cc1. The monoisotopic (exact) mass is 499 g/mol. The van der Waals surface area contributed by atoms with Crippen LogP contribution in [-0.4, -0.2) is 49.6 Å². The third-order valence-corrected chi connectivity index (χ3v) is 10.0. The number of amides is 1. The first-order valence-corrected chi connectivity index (χ1v) is 14.0. The van der Waals surface area contributed by atoms with Gasteiger partial charge in [-0.05, 0) is 49.3 Å². The van der Waals surface area contributed by atoms with E-state index in [2.05, 4.69) is 44.3 Å². The molecule has 0 aromatic heterocycles. The van der Waals surface area contributed by atoms with E-state index in [0.29, 0.717) is 22.4 Å². The van der Waals surface area contributed by atoms with Gasteiger partial charge in [-0.15, -0.1) is 0 Å². The summed E-state index contributed by atoms with van der Waals surface area (Å²) in [6, 6.07) is 11.8. The summed E-state index contributed by atoms with van der Waals surface area (Å²) in [6.07, 6.45) is 0. The lowest BCUT2D eigenvalue weighted by molar-refractivity contribution is -0.139. The molecule has 0 bridgehead atoms. The van der Waals surface area contributed by atoms with Crippen molar-refractivity contribution in [1.82, 2.24) is 5.32 Å². The third kappa shape index (κ3) is 7.68. The van der Waals surface area contributed by atoms with Crippen LogP contribution in [0.25, 0.3) is 0 Å². The van der Waals surface area contributed by atoms with Crippen LogP contribution in [0.15, 0.2) is 53.7 Å². The first kappa shape index (κ1) is 27.6. The number of carbonyl (C=O) groups excluding carboxylic acids is 2. The average Bonchev–Trinajstić information content (AvgIpc) is 2.80. The van der Waals surface area contributed by atoms with Crippen molar-refractivity contribution >= 4 is 31.8 Å². The Morgan fingerprint density at radius 1 is 1.00 bits per heavy atom. The first-order chi connectivity index (χ1) is 16.2. The predicted octanol–water partition coefficient (Wildman–Crippen LogP) is 3.79. The molecule has 0 aliphatic heterocycles. The molecule has 9 nitrogen and oxygen atoms in total. The molecule has 0 unspecified atom stereocenters. The maximum Gasteiger partial charge on any atom is 0.341 e. The third-order valence-electron chi connectivity index (χ3n) is 5.86. The van der Waals surface area contributed by atoms with Crippen molar-refractivity contribution < 1.29 is 28.8 Å². The summed E-state index contributed by atoms with van der Waals surface area (Å²) < 4.78 is 10.8. The maximum atomic E-state index is 12.8. The molecule has 4 N–H and O–H groups in total. The first-order valence-electron chi connectivity index (χ1n) is 11.1. The molecule has 0 radical (unpaired) electrons. The lowest BCUT2D eigenvalue weighted by Crippen LogP contribution is -2.39. The fourth-order valence-corrected chi connectivity index (χ4v) is 3.20. The zero-order valence-corrected chi connectivity index (χ0v) is 21.9. The van der Waals surface area contributed by atoms with E-state index >= 15 is 0 Å². The molecule has 0 aliphatic rings. The van der Waals surface area contributed by atoms with Gasteiger partial charge in [0.25, 0.3) is 14.2 Å². The van der Waals surface area contributed by atoms with E-state index in [4.69, 9.17) is 20.1 Å². The van der Waals surface area contributed by atoms with E-state index in [1.165, 1.54) is 24.3 Å². The number of carboxylic acid groups (broad SMARTS) is 1. The summed E-state index contributed by atoms with van der Waals surface area (Å²) in [6.45, 7) is 11.6. The van der Waals surface area contributed by atoms with Crippen LogP contribution in [0.3, 0.4) is 0 Å². The molecular weight excluding hydrogens is 466 g/mol. The number of rotatable bonds is 10. The number of nitrogens with zero attached hydrogens (tertiary/aromatic N) is 1. The molecule has 0 fully saturated rings. The van der Waals surface area contributed by atoms with E-state index < -0.39 is 32.8 Å². The van der Waals surface area contributed by atoms with Crippen LogP contribution in [0.5, 0.6) is 5.75 Å². The van der Waals surface area contributed by atoms with Crippen LogP contribution in [0.4, 0.5) is 0 Å². The quantitative estimate of drug-likeness (QED) is 0.148. The van der Waals surface area contributed by atoms with E-state index in [1.807, 2.05) is 0 Å². The van der Waals surface area contributed by atoms with Crippen LogP contribution in [0.2, 0.25) is 18.1 Å². The molecule has 10 heteroatoms. The second kappa shape index (κ2) is 11.2. The molecule has 0 saturated heterocycles. The minimum atomic E-state index is -2.09. The molecule has 1 amide bonds. The molecule has 188 valence electrons. The number of benzene rings is 2. The summed E-state index contributed by atoms with van der Waals surface area (Å²) in [5.74, 6) is -1.25. The van der Waals surface area contributed by atoms with E-state index in [-0.39, 0.29) is 16.7 Å². The number of carboxylic acids is 1. The molecule has 0 heterocycles. The number of aliphatic carboxylic acids is 1. The lowest BCUT2D eigenvalue weighted by atomic mass is 10.0. The second-order valence-electron chi connectivity index (χ2n) is 9.67. The van der Waals surface area contributed by atoms with Crippen LogP contribution >= 0.6 is 0 Å². The van der Waals surface area contributed by atoms with Crippen molar-refractivity contribution in [3.63, 3.8) is 0 Å². The highest BCUT2D eigenvalue weighted by atomic mass is 28.4. The van der Waals surface area contributed by atoms with Gasteiger partial charge in [-0.2, -0.15) is 0 Å². The zero-order chi connectivity index (χ0) is 26.4. The van der Waals surface area contributed by atoms with Gasteiger partial charge in [-0.1, -0.05) is 50.2 Å². The van der Waals surface area contributed by atoms with Crippen molar-refractivity contribution in [3.8, 4) is 5.75 Å². The molecule has 1 atom stereocenters. The highest BCUT2D eigenvalue weighted by Crippen LogP contribution is 2.36. The van der Waals surface area contributed by atoms with Crippen LogP contribution < -0.4 is 15.8 Å². The van der Waals surface area contributed by atoms with Gasteiger partial charge in [-0.3, -0.25) is 9.59 Å². The van der Waals surface area contributed by atoms with Crippen molar-refractivity contribution in [2.45, 2.75) is 51.9 Å². The second-order valence-corrected chi connectivity index (χ2v) is 14.4. The Morgan fingerprint density at radius 3 is 2.03 bits per heavy atom. The number of ketones is 1. The topological polar surface area (TPSA) is 140 Å². The number of Topliss-reactive ketones (excluding diaryl/α,β-unsaturated/α-hetero) is 1. The number of ether oxygens (including phenoxy) is 1. The minimum Gasteiger partial charge on any atom is -0.482 e. The van der Waals surface area contributed by atoms with Crippen LogP contribution in [-0.2, 0) is 9.32 Å². The fraction of sp³-hybridized carbons (Fsp3) is 0.360. The van der Waals surface area contributed by atoms with Gasteiger partial charge in [0, 0.05) is 16.7 Å². The van der Waals surface area contributed by atoms with Gasteiger partial charge in [-0.25, -0.2) is 4.79 Å². The van der Waals surface area contributed by atoms with Crippen molar-refractivity contribution in [3.05, 3.63) is 65.2 Å². The van der Waals surface area contributed by atoms with Gasteiger partial charge in [0.2, 0.25) is 0 Å². The average molecular weight is 500 g/mol. The standard InChI is InChI=1S/C25H33N3O6Si/c1-16(27-24(32)19-11-13-20(14-12-19)33-15-21(29)30)22(31)17-7-9-18(10-8-17)23(26)28-34-35(5,6)25(2,3)4/h7-14,16H,15H2,1-6H3,(H2,26,28)(H,27,32)(H,29,30)/t16-/m1/s1. The molecule has 2 rings (SSSR count). The molecule has 0 spiro atoms. The number of carbonyl (C=O) groups is 3. The highest BCUT2D eigenvalue weighted by Gasteiger charge is 2.40. The largest absolute Gasteiger partial charge is 0.482 e. The summed E-state index contributed by atoms with van der Waals surface area (Å²) in [4.78, 5) is 35.8. The number of hydrogen-bond donors (Lipinski definition) is 3. The lowest BCUT2D eigenvalue weighted by Gasteiger charge is -2.33. The minimum absolute atomic E-state index is 0.0101. The Labute approximate surface area is 206 Å². The van der Waals surface area contributed by atoms with Gasteiger partial charge in [0.15, 0.2) is 18.2 Å². The van der Waals surface area contributed by atoms with E-state index in [1.54, 1.807) is 31.2 Å². The number of nitrogens with one attached hydrogen (secondary N) is 1. The number of amidine groups is 1. The fourth-order valence-electron chi connectivity index (χ4n) is 2.60. The Hall–Kier alpha value is -3.66. The Bertz CT molecular complexity index is 1090. The van der Waals surface area contributed by atoms with Gasteiger partial charge in [0.1, 0.15) is 5.75 Å². The summed E-state index contributed by atoms with van der Waals surface area (Å²) >= 11 is 0. The maximum absolute atomic E-state index is 12.8. The Balaban J connectivity index is 2.00. The molecular formula is C25H33N3O6Si. The number of hydrogen-bond acceptors (Lipinski definition) is 6. The summed E-state index contributed by atoms with van der Waals surface area (Å²) in [5.41, 5.74) is 7.43. The number of nitrogens with two attached hydrogens (primary N) is 1. The Kier molecular flexibility index (Phi) is 8.81. The van der Waals surface area contributed by atoms with Crippen molar-refractivity contribution in [2.75, 3.05) is 6.61 Å². The summed E-state index contributed by atoms with van der Waals surface area (Å²) in [7, 11) is -2.09. The van der Waals surface area contributed by atoms with Crippen molar-refractivity contribution in [1.29, 1.82) is 0 Å². The zero-order valence-electron chi connectivity index (χ0n) is 20.9. The predicted molar refractivity (Wildman–Crippen MR) is 136 cm³/mol. The smallest absolute Gasteiger partial charge is 0.341 e. The van der Waals surface area contributed by atoms with Crippen LogP contribution in [0.1, 0.15) is 54.0 Å². The summed E-state index contributed by atoms with van der Waals surface area (Å²) in [5, 5.41) is 15.4. The van der Waals surface area contributed by atoms with Crippen LogP contribution in [0, 0.1) is 0 Å². The van der Waals surface area contributed by atoms with Gasteiger partial charge < -0.3 is 25.4 Å². The molecule has 2 aromatic carbocycles. The molecule has 0 saturated carbocycles. The Morgan fingerprint density at radius 2 is 1.51 bits per heavy atom. The highest BCUT2D eigenvalue weighted by molar-refractivity contribution is 6.74. The number of oxime groups is 1. The molecule has 35 heavy (non-hydrogen) atoms. The van der Waals surface area contributed by atoms with Gasteiger partial charge >= 0.3 is 5.97 Å². The molecule has 0 aliphatic carbocycles.